The van der Waals surface area contributed by atoms with Gasteiger partial charge >= 0.3 is 5.97 Å². The molecular formula is C19H18O2. The van der Waals surface area contributed by atoms with E-state index >= 15 is 0 Å². The Balaban J connectivity index is 2.24. The molecule has 0 saturated heterocycles. The zero-order valence-corrected chi connectivity index (χ0v) is 11.9. The van der Waals surface area contributed by atoms with Crippen LogP contribution in [-0.2, 0) is 16.0 Å². The van der Waals surface area contributed by atoms with Gasteiger partial charge in [-0.15, -0.1) is 0 Å². The second-order valence-electron chi connectivity index (χ2n) is 4.62. The molecule has 2 aromatic carbocycles. The van der Waals surface area contributed by atoms with Crippen molar-refractivity contribution in [2.45, 2.75) is 6.42 Å². The molecular weight excluding hydrogens is 260 g/mol. The largest absolute Gasteiger partial charge is 0.458 e. The molecule has 0 aromatic heterocycles. The van der Waals surface area contributed by atoms with E-state index in [1.807, 2.05) is 60.7 Å². The van der Waals surface area contributed by atoms with E-state index in [1.165, 1.54) is 0 Å². The molecule has 0 aliphatic rings. The number of benzene rings is 2. The van der Waals surface area contributed by atoms with Crippen LogP contribution in [0.4, 0.5) is 0 Å². The van der Waals surface area contributed by atoms with E-state index in [9.17, 15) is 4.79 Å². The fourth-order valence-electron chi connectivity index (χ4n) is 2.03. The van der Waals surface area contributed by atoms with Crippen LogP contribution in [0.1, 0.15) is 11.1 Å². The summed E-state index contributed by atoms with van der Waals surface area (Å²) in [5.41, 5.74) is 3.12. The molecule has 0 radical (unpaired) electrons. The Bertz CT molecular complexity index is 613. The van der Waals surface area contributed by atoms with Crippen LogP contribution in [-0.4, -0.2) is 12.6 Å². The van der Waals surface area contributed by atoms with Gasteiger partial charge in [-0.25, -0.2) is 4.79 Å². The Hall–Kier alpha value is -2.61. The fraction of sp³-hybridized carbons (Fsp3) is 0.105. The summed E-state index contributed by atoms with van der Waals surface area (Å²) in [6.07, 6.45) is 3.81. The maximum atomic E-state index is 11.8. The molecule has 0 aliphatic heterocycles. The SMILES string of the molecule is C=CCOC(=O)C=C(Cc1ccccc1)c1ccccc1. The van der Waals surface area contributed by atoms with E-state index in [2.05, 4.69) is 6.58 Å². The Kier molecular flexibility index (Phi) is 5.53. The lowest BCUT2D eigenvalue weighted by Crippen LogP contribution is -2.03. The van der Waals surface area contributed by atoms with Crippen molar-refractivity contribution < 1.29 is 9.53 Å². The van der Waals surface area contributed by atoms with Crippen molar-refractivity contribution >= 4 is 11.5 Å². The molecule has 2 heteroatoms. The van der Waals surface area contributed by atoms with Crippen LogP contribution in [0.3, 0.4) is 0 Å². The third-order valence-electron chi connectivity index (χ3n) is 3.02. The summed E-state index contributed by atoms with van der Waals surface area (Å²) in [6, 6.07) is 19.9. The third-order valence-corrected chi connectivity index (χ3v) is 3.02. The number of ether oxygens (including phenoxy) is 1. The molecule has 106 valence electrons. The van der Waals surface area contributed by atoms with Crippen molar-refractivity contribution in [3.8, 4) is 0 Å². The number of allylic oxidation sites excluding steroid dienone is 1. The van der Waals surface area contributed by atoms with Gasteiger partial charge in [-0.1, -0.05) is 73.3 Å². The van der Waals surface area contributed by atoms with E-state index in [0.29, 0.717) is 6.42 Å². The van der Waals surface area contributed by atoms with Gasteiger partial charge in [0.15, 0.2) is 0 Å². The lowest BCUT2D eigenvalue weighted by Gasteiger charge is -2.08. The van der Waals surface area contributed by atoms with Crippen LogP contribution in [0.15, 0.2) is 79.4 Å². The van der Waals surface area contributed by atoms with Crippen LogP contribution in [0.25, 0.3) is 5.57 Å². The van der Waals surface area contributed by atoms with Crippen LogP contribution in [0.5, 0.6) is 0 Å². The number of carbonyl (C=O) groups excluding carboxylic acids is 1. The molecule has 2 aromatic rings. The van der Waals surface area contributed by atoms with Gasteiger partial charge in [-0.2, -0.15) is 0 Å². The fourth-order valence-corrected chi connectivity index (χ4v) is 2.03. The number of hydrogen-bond donors (Lipinski definition) is 0. The minimum atomic E-state index is -0.343. The number of carbonyl (C=O) groups is 1. The highest BCUT2D eigenvalue weighted by Crippen LogP contribution is 2.19. The molecule has 0 heterocycles. The summed E-state index contributed by atoms with van der Waals surface area (Å²) in [5, 5.41) is 0. The first-order valence-corrected chi connectivity index (χ1v) is 6.87. The van der Waals surface area contributed by atoms with Gasteiger partial charge in [0.05, 0.1) is 0 Å². The van der Waals surface area contributed by atoms with E-state index in [4.69, 9.17) is 4.74 Å². The predicted molar refractivity (Wildman–Crippen MR) is 85.7 cm³/mol. The summed E-state index contributed by atoms with van der Waals surface area (Å²) >= 11 is 0. The smallest absolute Gasteiger partial charge is 0.331 e. The third kappa shape index (κ3) is 4.77. The molecule has 21 heavy (non-hydrogen) atoms. The lowest BCUT2D eigenvalue weighted by atomic mass is 9.98. The van der Waals surface area contributed by atoms with Gasteiger partial charge in [0.1, 0.15) is 6.61 Å². The molecule has 0 spiro atoms. The predicted octanol–water partition coefficient (Wildman–Crippen LogP) is 4.04. The zero-order valence-electron chi connectivity index (χ0n) is 11.9. The Morgan fingerprint density at radius 1 is 1.00 bits per heavy atom. The first-order chi connectivity index (χ1) is 10.3. The monoisotopic (exact) mass is 278 g/mol. The molecule has 0 atom stereocenters. The van der Waals surface area contributed by atoms with Crippen molar-refractivity contribution in [3.63, 3.8) is 0 Å². The van der Waals surface area contributed by atoms with Crippen molar-refractivity contribution in [2.75, 3.05) is 6.61 Å². The molecule has 2 nitrogen and oxygen atoms in total. The normalized spacial score (nSPS) is 11.0. The van der Waals surface area contributed by atoms with Crippen LogP contribution in [0.2, 0.25) is 0 Å². The minimum absolute atomic E-state index is 0.225. The first kappa shape index (κ1) is 14.8. The molecule has 0 bridgehead atoms. The number of rotatable bonds is 6. The molecule has 0 fully saturated rings. The average molecular weight is 278 g/mol. The van der Waals surface area contributed by atoms with Crippen molar-refractivity contribution in [2.24, 2.45) is 0 Å². The van der Waals surface area contributed by atoms with E-state index < -0.39 is 0 Å². The van der Waals surface area contributed by atoms with E-state index in [0.717, 1.165) is 16.7 Å². The van der Waals surface area contributed by atoms with E-state index in [1.54, 1.807) is 12.2 Å². The first-order valence-electron chi connectivity index (χ1n) is 6.87. The zero-order chi connectivity index (χ0) is 14.9. The Morgan fingerprint density at radius 2 is 1.62 bits per heavy atom. The number of hydrogen-bond acceptors (Lipinski definition) is 2. The van der Waals surface area contributed by atoms with Crippen LogP contribution in [0, 0.1) is 0 Å². The van der Waals surface area contributed by atoms with Crippen LogP contribution >= 0.6 is 0 Å². The quantitative estimate of drug-likeness (QED) is 0.453. The lowest BCUT2D eigenvalue weighted by molar-refractivity contribution is -0.136. The van der Waals surface area contributed by atoms with Crippen molar-refractivity contribution in [1.82, 2.24) is 0 Å². The highest BCUT2D eigenvalue weighted by molar-refractivity contribution is 5.91. The van der Waals surface area contributed by atoms with Crippen molar-refractivity contribution in [1.29, 1.82) is 0 Å². The molecule has 0 N–H and O–H groups in total. The summed E-state index contributed by atoms with van der Waals surface area (Å²) in [5.74, 6) is -0.343. The van der Waals surface area contributed by atoms with E-state index in [-0.39, 0.29) is 12.6 Å². The Morgan fingerprint density at radius 3 is 2.24 bits per heavy atom. The molecule has 0 aliphatic carbocycles. The summed E-state index contributed by atoms with van der Waals surface area (Å²) < 4.78 is 5.05. The molecule has 2 rings (SSSR count). The summed E-state index contributed by atoms with van der Waals surface area (Å²) in [6.45, 7) is 3.76. The van der Waals surface area contributed by atoms with Gasteiger partial charge in [-0.3, -0.25) is 0 Å². The van der Waals surface area contributed by atoms with Crippen LogP contribution < -0.4 is 0 Å². The van der Waals surface area contributed by atoms with Gasteiger partial charge in [0.25, 0.3) is 0 Å². The summed E-state index contributed by atoms with van der Waals surface area (Å²) in [7, 11) is 0. The topological polar surface area (TPSA) is 26.3 Å². The average Bonchev–Trinajstić information content (AvgIpc) is 2.54. The van der Waals surface area contributed by atoms with Gasteiger partial charge in [0.2, 0.25) is 0 Å². The highest BCUT2D eigenvalue weighted by atomic mass is 16.5. The second kappa shape index (κ2) is 7.85. The summed E-state index contributed by atoms with van der Waals surface area (Å²) in [4.78, 5) is 11.8. The van der Waals surface area contributed by atoms with Crippen molar-refractivity contribution in [3.05, 3.63) is 90.5 Å². The minimum Gasteiger partial charge on any atom is -0.458 e. The molecule has 0 saturated carbocycles. The van der Waals surface area contributed by atoms with Gasteiger partial charge < -0.3 is 4.74 Å². The standard InChI is InChI=1S/C19H18O2/c1-2-13-21-19(20)15-18(17-11-7-4-8-12-17)14-16-9-5-3-6-10-16/h2-12,15H,1,13-14H2. The molecule has 0 unspecified atom stereocenters. The second-order valence-corrected chi connectivity index (χ2v) is 4.62. The maximum absolute atomic E-state index is 11.8. The highest BCUT2D eigenvalue weighted by Gasteiger charge is 2.06. The van der Waals surface area contributed by atoms with Gasteiger partial charge in [-0.05, 0) is 23.1 Å². The maximum Gasteiger partial charge on any atom is 0.331 e. The Labute approximate surface area is 125 Å². The van der Waals surface area contributed by atoms with Gasteiger partial charge in [0, 0.05) is 6.08 Å². The molecule has 0 amide bonds. The number of esters is 1.